The van der Waals surface area contributed by atoms with Crippen LogP contribution in [0.3, 0.4) is 0 Å². The van der Waals surface area contributed by atoms with Gasteiger partial charge in [-0.1, -0.05) is 24.6 Å². The summed E-state index contributed by atoms with van der Waals surface area (Å²) < 4.78 is 0. The van der Waals surface area contributed by atoms with E-state index < -0.39 is 0 Å². The molecule has 1 saturated heterocycles. The number of rotatable bonds is 1. The number of piperidine rings is 1. The van der Waals surface area contributed by atoms with Crippen LogP contribution in [0.4, 0.5) is 5.69 Å². The Labute approximate surface area is 92.1 Å². The fraction of sp³-hybridized carbons (Fsp3) is 0.538. The molecule has 82 valence electrons. The molecule has 0 bridgehead atoms. The van der Waals surface area contributed by atoms with E-state index in [0.29, 0.717) is 12.0 Å². The molecule has 1 aliphatic heterocycles. The fourth-order valence-corrected chi connectivity index (χ4v) is 2.15. The highest BCUT2D eigenvalue weighted by atomic mass is 15.1. The molecule has 2 nitrogen and oxygen atoms in total. The molecule has 2 unspecified atom stereocenters. The summed E-state index contributed by atoms with van der Waals surface area (Å²) in [6, 6.07) is 9.15. The molecule has 1 fully saturated rings. The number of nitrogens with zero attached hydrogens (tertiary/aromatic N) is 1. The smallest absolute Gasteiger partial charge is 0.0366 e. The first-order valence-electron chi connectivity index (χ1n) is 5.74. The summed E-state index contributed by atoms with van der Waals surface area (Å²) in [6.07, 6.45) is 1.11. The lowest BCUT2D eigenvalue weighted by Gasteiger charge is -2.36. The van der Waals surface area contributed by atoms with E-state index in [-0.39, 0.29) is 0 Å². The monoisotopic (exact) mass is 204 g/mol. The van der Waals surface area contributed by atoms with Crippen molar-refractivity contribution in [3.05, 3.63) is 29.8 Å². The van der Waals surface area contributed by atoms with E-state index in [1.54, 1.807) is 0 Å². The molecule has 0 radical (unpaired) electrons. The largest absolute Gasteiger partial charge is 0.371 e. The summed E-state index contributed by atoms with van der Waals surface area (Å²) in [7, 11) is 0. The Morgan fingerprint density at radius 2 is 1.93 bits per heavy atom. The van der Waals surface area contributed by atoms with Crippen LogP contribution >= 0.6 is 0 Å². The van der Waals surface area contributed by atoms with E-state index in [1.165, 1.54) is 11.3 Å². The average molecular weight is 204 g/mol. The van der Waals surface area contributed by atoms with Crippen molar-refractivity contribution in [1.29, 1.82) is 0 Å². The molecule has 0 aliphatic carbocycles. The maximum atomic E-state index is 6.02. The second-order valence-corrected chi connectivity index (χ2v) is 4.71. The molecule has 0 aromatic heterocycles. The van der Waals surface area contributed by atoms with Gasteiger partial charge in [0.05, 0.1) is 0 Å². The second kappa shape index (κ2) is 4.23. The zero-order valence-corrected chi connectivity index (χ0v) is 9.61. The van der Waals surface area contributed by atoms with Crippen molar-refractivity contribution in [2.75, 3.05) is 18.0 Å². The Bertz CT molecular complexity index is 318. The van der Waals surface area contributed by atoms with E-state index in [4.69, 9.17) is 5.73 Å². The summed E-state index contributed by atoms with van der Waals surface area (Å²) in [5.41, 5.74) is 8.67. The van der Waals surface area contributed by atoms with Crippen molar-refractivity contribution in [2.45, 2.75) is 26.3 Å². The van der Waals surface area contributed by atoms with Crippen LogP contribution in [-0.4, -0.2) is 19.1 Å². The van der Waals surface area contributed by atoms with Gasteiger partial charge in [0.1, 0.15) is 0 Å². The molecule has 2 heteroatoms. The van der Waals surface area contributed by atoms with Gasteiger partial charge in [0.15, 0.2) is 0 Å². The standard InChI is InChI=1S/C13H20N2/c1-10-3-5-12(6-4-10)15-8-7-13(14)11(2)9-15/h3-6,11,13H,7-9,14H2,1-2H3. The average Bonchev–Trinajstić information content (AvgIpc) is 2.23. The molecule has 1 heterocycles. The minimum Gasteiger partial charge on any atom is -0.371 e. The minimum atomic E-state index is 0.381. The molecule has 1 aromatic carbocycles. The van der Waals surface area contributed by atoms with Gasteiger partial charge in [0.2, 0.25) is 0 Å². The van der Waals surface area contributed by atoms with E-state index in [1.807, 2.05) is 0 Å². The van der Waals surface area contributed by atoms with Crippen LogP contribution in [0.5, 0.6) is 0 Å². The van der Waals surface area contributed by atoms with Crippen LogP contribution in [0, 0.1) is 12.8 Å². The Morgan fingerprint density at radius 3 is 2.53 bits per heavy atom. The van der Waals surface area contributed by atoms with Crippen molar-refractivity contribution >= 4 is 5.69 Å². The Hall–Kier alpha value is -1.02. The van der Waals surface area contributed by atoms with E-state index >= 15 is 0 Å². The molecule has 2 rings (SSSR count). The summed E-state index contributed by atoms with van der Waals surface area (Å²) >= 11 is 0. The van der Waals surface area contributed by atoms with Crippen molar-refractivity contribution in [1.82, 2.24) is 0 Å². The molecule has 15 heavy (non-hydrogen) atoms. The third-order valence-electron chi connectivity index (χ3n) is 3.37. The van der Waals surface area contributed by atoms with Gasteiger partial charge in [0.25, 0.3) is 0 Å². The molecule has 0 spiro atoms. The molecule has 0 amide bonds. The van der Waals surface area contributed by atoms with E-state index in [9.17, 15) is 0 Å². The predicted octanol–water partition coefficient (Wildman–Crippen LogP) is 2.17. The lowest BCUT2D eigenvalue weighted by Crippen LogP contribution is -2.45. The maximum absolute atomic E-state index is 6.02. The van der Waals surface area contributed by atoms with Gasteiger partial charge in [-0.3, -0.25) is 0 Å². The molecule has 0 saturated carbocycles. The molecule has 2 N–H and O–H groups in total. The molecular weight excluding hydrogens is 184 g/mol. The predicted molar refractivity (Wildman–Crippen MR) is 65.1 cm³/mol. The first-order chi connectivity index (χ1) is 7.16. The van der Waals surface area contributed by atoms with Crippen LogP contribution in [0.1, 0.15) is 18.9 Å². The van der Waals surface area contributed by atoms with Crippen LogP contribution in [0.2, 0.25) is 0 Å². The summed E-state index contributed by atoms with van der Waals surface area (Å²) in [5.74, 6) is 0.597. The third kappa shape index (κ3) is 2.32. The van der Waals surface area contributed by atoms with Gasteiger partial charge < -0.3 is 10.6 Å². The number of hydrogen-bond acceptors (Lipinski definition) is 2. The molecular formula is C13H20N2. The van der Waals surface area contributed by atoms with Gasteiger partial charge >= 0.3 is 0 Å². The summed E-state index contributed by atoms with van der Waals surface area (Å²) in [6.45, 7) is 6.54. The number of aryl methyl sites for hydroxylation is 1. The minimum absolute atomic E-state index is 0.381. The molecule has 1 aliphatic rings. The first-order valence-corrected chi connectivity index (χ1v) is 5.74. The van der Waals surface area contributed by atoms with Crippen LogP contribution in [0.25, 0.3) is 0 Å². The van der Waals surface area contributed by atoms with E-state index in [2.05, 4.69) is 43.0 Å². The number of nitrogens with two attached hydrogens (primary N) is 1. The third-order valence-corrected chi connectivity index (χ3v) is 3.37. The molecule has 1 aromatic rings. The lowest BCUT2D eigenvalue weighted by molar-refractivity contribution is 0.383. The van der Waals surface area contributed by atoms with E-state index in [0.717, 1.165) is 19.5 Å². The van der Waals surface area contributed by atoms with Gasteiger partial charge in [-0.2, -0.15) is 0 Å². The quantitative estimate of drug-likeness (QED) is 0.759. The zero-order valence-electron chi connectivity index (χ0n) is 9.61. The fourth-order valence-electron chi connectivity index (χ4n) is 2.15. The Morgan fingerprint density at radius 1 is 1.27 bits per heavy atom. The van der Waals surface area contributed by atoms with Crippen molar-refractivity contribution < 1.29 is 0 Å². The topological polar surface area (TPSA) is 29.3 Å². The summed E-state index contributed by atoms with van der Waals surface area (Å²) in [5, 5.41) is 0. The highest BCUT2D eigenvalue weighted by Crippen LogP contribution is 2.22. The normalized spacial score (nSPS) is 26.7. The van der Waals surface area contributed by atoms with Crippen LogP contribution in [-0.2, 0) is 0 Å². The SMILES string of the molecule is Cc1ccc(N2CCC(N)C(C)C2)cc1. The zero-order chi connectivity index (χ0) is 10.8. The number of benzene rings is 1. The van der Waals surface area contributed by atoms with Gasteiger partial charge in [-0.15, -0.1) is 0 Å². The van der Waals surface area contributed by atoms with Crippen molar-refractivity contribution in [2.24, 2.45) is 11.7 Å². The lowest BCUT2D eigenvalue weighted by atomic mass is 9.94. The van der Waals surface area contributed by atoms with Crippen LogP contribution < -0.4 is 10.6 Å². The van der Waals surface area contributed by atoms with Gasteiger partial charge in [-0.25, -0.2) is 0 Å². The highest BCUT2D eigenvalue weighted by Gasteiger charge is 2.22. The number of hydrogen-bond donors (Lipinski definition) is 1. The second-order valence-electron chi connectivity index (χ2n) is 4.71. The maximum Gasteiger partial charge on any atom is 0.0366 e. The van der Waals surface area contributed by atoms with Crippen molar-refractivity contribution in [3.8, 4) is 0 Å². The summed E-state index contributed by atoms with van der Waals surface area (Å²) in [4.78, 5) is 2.44. The highest BCUT2D eigenvalue weighted by molar-refractivity contribution is 5.48. The van der Waals surface area contributed by atoms with Crippen LogP contribution in [0.15, 0.2) is 24.3 Å². The van der Waals surface area contributed by atoms with Gasteiger partial charge in [-0.05, 0) is 31.4 Å². The Kier molecular flexibility index (Phi) is 2.96. The number of anilines is 1. The van der Waals surface area contributed by atoms with Gasteiger partial charge in [0, 0.05) is 24.8 Å². The first kappa shape index (κ1) is 10.5. The van der Waals surface area contributed by atoms with Crippen molar-refractivity contribution in [3.63, 3.8) is 0 Å². The Balaban J connectivity index is 2.08. The molecule has 2 atom stereocenters.